The van der Waals surface area contributed by atoms with Crippen LogP contribution in [0.1, 0.15) is 23.0 Å². The van der Waals surface area contributed by atoms with E-state index in [1.807, 2.05) is 31.2 Å². The van der Waals surface area contributed by atoms with Crippen molar-refractivity contribution in [1.29, 1.82) is 0 Å². The summed E-state index contributed by atoms with van der Waals surface area (Å²) in [6.07, 6.45) is 0.850. The monoisotopic (exact) mass is 261 g/mol. The number of nitrogens with one attached hydrogen (secondary N) is 1. The van der Waals surface area contributed by atoms with E-state index in [1.165, 1.54) is 6.07 Å². The van der Waals surface area contributed by atoms with Crippen LogP contribution in [0.4, 0.5) is 5.69 Å². The van der Waals surface area contributed by atoms with Crippen LogP contribution in [0.5, 0.6) is 0 Å². The lowest BCUT2D eigenvalue weighted by atomic mass is 10.1. The maximum atomic E-state index is 11.9. The number of anilines is 1. The highest BCUT2D eigenvalue weighted by Crippen LogP contribution is 2.16. The summed E-state index contributed by atoms with van der Waals surface area (Å²) < 4.78 is 0. The number of amides is 1. The third-order valence-electron chi connectivity index (χ3n) is 2.51. The number of aromatic nitrogens is 2. The summed E-state index contributed by atoms with van der Waals surface area (Å²) in [4.78, 5) is 11.9. The number of halogens is 1. The zero-order chi connectivity index (χ0) is 13.0. The van der Waals surface area contributed by atoms with E-state index in [4.69, 9.17) is 11.6 Å². The standard InChI is InChI=1S/C13H12ClN3O/c1-2-9-5-3-4-6-10(9)15-13(18)11-7-8-12(14)17-16-11/h3-8H,2H2,1H3,(H,15,18). The van der Waals surface area contributed by atoms with Crippen molar-refractivity contribution in [3.8, 4) is 0 Å². The van der Waals surface area contributed by atoms with Crippen molar-refractivity contribution in [2.24, 2.45) is 0 Å². The Bertz CT molecular complexity index is 554. The third-order valence-corrected chi connectivity index (χ3v) is 2.71. The fourth-order valence-corrected chi connectivity index (χ4v) is 1.67. The summed E-state index contributed by atoms with van der Waals surface area (Å²) in [5.74, 6) is -0.292. The molecule has 1 N–H and O–H groups in total. The van der Waals surface area contributed by atoms with Gasteiger partial charge >= 0.3 is 0 Å². The molecule has 2 aromatic rings. The minimum atomic E-state index is -0.292. The first-order valence-electron chi connectivity index (χ1n) is 5.59. The fraction of sp³-hybridized carbons (Fsp3) is 0.154. The molecule has 0 aliphatic heterocycles. The molecule has 2 rings (SSSR count). The first-order chi connectivity index (χ1) is 8.70. The second-order valence-corrected chi connectivity index (χ2v) is 4.09. The predicted molar refractivity (Wildman–Crippen MR) is 70.8 cm³/mol. The Labute approximate surface area is 110 Å². The lowest BCUT2D eigenvalue weighted by Gasteiger charge is -2.08. The van der Waals surface area contributed by atoms with Crippen LogP contribution in [0.25, 0.3) is 0 Å². The molecule has 1 amide bonds. The van der Waals surface area contributed by atoms with Crippen molar-refractivity contribution < 1.29 is 4.79 Å². The predicted octanol–water partition coefficient (Wildman–Crippen LogP) is 2.94. The molecule has 4 nitrogen and oxygen atoms in total. The number of hydrogen-bond acceptors (Lipinski definition) is 3. The number of carbonyl (C=O) groups excluding carboxylic acids is 1. The van der Waals surface area contributed by atoms with Crippen LogP contribution < -0.4 is 5.32 Å². The number of nitrogens with zero attached hydrogens (tertiary/aromatic N) is 2. The second kappa shape index (κ2) is 5.60. The number of aryl methyl sites for hydroxylation is 1. The van der Waals surface area contributed by atoms with Gasteiger partial charge in [0.05, 0.1) is 0 Å². The average molecular weight is 262 g/mol. The van der Waals surface area contributed by atoms with Gasteiger partial charge in [0.15, 0.2) is 10.8 Å². The molecule has 0 saturated carbocycles. The Balaban J connectivity index is 2.18. The number of hydrogen-bond donors (Lipinski definition) is 1. The molecular formula is C13H12ClN3O. The fourth-order valence-electron chi connectivity index (χ4n) is 1.57. The second-order valence-electron chi connectivity index (χ2n) is 3.71. The first-order valence-corrected chi connectivity index (χ1v) is 5.97. The molecule has 1 heterocycles. The first kappa shape index (κ1) is 12.5. The Morgan fingerprint density at radius 3 is 2.67 bits per heavy atom. The van der Waals surface area contributed by atoms with Crippen molar-refractivity contribution in [3.63, 3.8) is 0 Å². The zero-order valence-electron chi connectivity index (χ0n) is 9.85. The van der Waals surface area contributed by atoms with E-state index in [0.717, 1.165) is 17.7 Å². The van der Waals surface area contributed by atoms with Gasteiger partial charge in [-0.25, -0.2) is 0 Å². The van der Waals surface area contributed by atoms with Crippen LogP contribution in [0.15, 0.2) is 36.4 Å². The Kier molecular flexibility index (Phi) is 3.89. The van der Waals surface area contributed by atoms with E-state index in [1.54, 1.807) is 6.07 Å². The molecular weight excluding hydrogens is 250 g/mol. The molecule has 0 aliphatic rings. The topological polar surface area (TPSA) is 54.9 Å². The van der Waals surface area contributed by atoms with E-state index in [-0.39, 0.29) is 16.8 Å². The number of carbonyl (C=O) groups is 1. The lowest BCUT2D eigenvalue weighted by molar-refractivity contribution is 0.102. The summed E-state index contributed by atoms with van der Waals surface area (Å²) >= 11 is 5.62. The van der Waals surface area contributed by atoms with E-state index >= 15 is 0 Å². The molecule has 0 atom stereocenters. The third kappa shape index (κ3) is 2.84. The van der Waals surface area contributed by atoms with E-state index in [2.05, 4.69) is 15.5 Å². The van der Waals surface area contributed by atoms with Gasteiger partial charge in [-0.2, -0.15) is 0 Å². The molecule has 0 saturated heterocycles. The Hall–Kier alpha value is -1.94. The summed E-state index contributed by atoms with van der Waals surface area (Å²) in [6.45, 7) is 2.03. The highest BCUT2D eigenvalue weighted by molar-refractivity contribution is 6.29. The molecule has 0 fully saturated rings. The minimum absolute atomic E-state index is 0.241. The molecule has 1 aromatic carbocycles. The molecule has 0 unspecified atom stereocenters. The van der Waals surface area contributed by atoms with Crippen molar-refractivity contribution in [3.05, 3.63) is 52.8 Å². The van der Waals surface area contributed by atoms with Crippen LogP contribution in [0, 0.1) is 0 Å². The molecule has 1 aromatic heterocycles. The number of benzene rings is 1. The van der Waals surface area contributed by atoms with Crippen molar-refractivity contribution in [2.75, 3.05) is 5.32 Å². The molecule has 0 bridgehead atoms. The summed E-state index contributed by atoms with van der Waals surface area (Å²) in [5, 5.41) is 10.5. The van der Waals surface area contributed by atoms with Gasteiger partial charge in [0.2, 0.25) is 0 Å². The Morgan fingerprint density at radius 1 is 1.22 bits per heavy atom. The normalized spacial score (nSPS) is 10.1. The maximum absolute atomic E-state index is 11.9. The molecule has 0 radical (unpaired) electrons. The van der Waals surface area contributed by atoms with Crippen molar-refractivity contribution >= 4 is 23.2 Å². The molecule has 0 aliphatic carbocycles. The van der Waals surface area contributed by atoms with Gasteiger partial charge in [0, 0.05) is 5.69 Å². The van der Waals surface area contributed by atoms with E-state index in [9.17, 15) is 4.79 Å². The largest absolute Gasteiger partial charge is 0.320 e. The highest BCUT2D eigenvalue weighted by atomic mass is 35.5. The lowest BCUT2D eigenvalue weighted by Crippen LogP contribution is -2.15. The van der Waals surface area contributed by atoms with Gasteiger partial charge in [0.1, 0.15) is 0 Å². The summed E-state index contributed by atoms with van der Waals surface area (Å²) in [6, 6.07) is 10.7. The van der Waals surface area contributed by atoms with Gasteiger partial charge in [-0.3, -0.25) is 4.79 Å². The summed E-state index contributed by atoms with van der Waals surface area (Å²) in [5.41, 5.74) is 2.11. The highest BCUT2D eigenvalue weighted by Gasteiger charge is 2.09. The van der Waals surface area contributed by atoms with E-state index < -0.39 is 0 Å². The molecule has 92 valence electrons. The number of rotatable bonds is 3. The van der Waals surface area contributed by atoms with Crippen LogP contribution in [-0.2, 0) is 6.42 Å². The molecule has 18 heavy (non-hydrogen) atoms. The van der Waals surface area contributed by atoms with E-state index in [0.29, 0.717) is 0 Å². The van der Waals surface area contributed by atoms with Crippen LogP contribution >= 0.6 is 11.6 Å². The van der Waals surface area contributed by atoms with Gasteiger partial charge in [0.25, 0.3) is 5.91 Å². The SMILES string of the molecule is CCc1ccccc1NC(=O)c1ccc(Cl)nn1. The quantitative estimate of drug-likeness (QED) is 0.924. The average Bonchev–Trinajstić information content (AvgIpc) is 2.40. The van der Waals surface area contributed by atoms with Gasteiger partial charge in [-0.1, -0.05) is 36.7 Å². The van der Waals surface area contributed by atoms with Crippen molar-refractivity contribution in [1.82, 2.24) is 10.2 Å². The Morgan fingerprint density at radius 2 is 2.00 bits per heavy atom. The van der Waals surface area contributed by atoms with Crippen LogP contribution in [0.2, 0.25) is 5.15 Å². The number of para-hydroxylation sites is 1. The van der Waals surface area contributed by atoms with Gasteiger partial charge < -0.3 is 5.32 Å². The summed E-state index contributed by atoms with van der Waals surface area (Å²) in [7, 11) is 0. The minimum Gasteiger partial charge on any atom is -0.320 e. The zero-order valence-corrected chi connectivity index (χ0v) is 10.6. The molecule has 5 heteroatoms. The van der Waals surface area contributed by atoms with Crippen LogP contribution in [0.3, 0.4) is 0 Å². The van der Waals surface area contributed by atoms with Gasteiger partial charge in [-0.15, -0.1) is 10.2 Å². The van der Waals surface area contributed by atoms with Crippen molar-refractivity contribution in [2.45, 2.75) is 13.3 Å². The smallest absolute Gasteiger partial charge is 0.276 e. The maximum Gasteiger partial charge on any atom is 0.276 e. The molecule has 0 spiro atoms. The van der Waals surface area contributed by atoms with Crippen LogP contribution in [-0.4, -0.2) is 16.1 Å². The van der Waals surface area contributed by atoms with Gasteiger partial charge in [-0.05, 0) is 30.2 Å².